The van der Waals surface area contributed by atoms with Crippen molar-refractivity contribution in [3.05, 3.63) is 58.6 Å². The molecule has 0 bridgehead atoms. The lowest BCUT2D eigenvalue weighted by Crippen LogP contribution is -2.31. The number of anilines is 2. The van der Waals surface area contributed by atoms with Crippen LogP contribution in [0.2, 0.25) is 5.02 Å². The normalized spacial score (nSPS) is 10.5. The molecule has 0 aliphatic rings. The van der Waals surface area contributed by atoms with Crippen molar-refractivity contribution < 1.29 is 9.59 Å². The number of aryl methyl sites for hydroxylation is 1. The fraction of sp³-hybridized carbons (Fsp3) is 0.300. The fourth-order valence-electron chi connectivity index (χ4n) is 2.27. The van der Waals surface area contributed by atoms with Gasteiger partial charge in [-0.25, -0.2) is 4.79 Å². The summed E-state index contributed by atoms with van der Waals surface area (Å²) in [5.41, 5.74) is 3.23. The molecule has 0 aromatic heterocycles. The van der Waals surface area contributed by atoms with Gasteiger partial charge in [-0.05, 0) is 42.3 Å². The molecule has 26 heavy (non-hydrogen) atoms. The standard InChI is InChI=1S/C20H24ClN3O2/c1-13(2)19(25)22-17-10-5-14(3)18(11-17)23-20(26)24(4)12-15-6-8-16(21)9-7-15/h5-11,13H,12H2,1-4H3,(H,22,25)(H,23,26). The maximum atomic E-state index is 12.5. The van der Waals surface area contributed by atoms with Gasteiger partial charge in [0.15, 0.2) is 0 Å². The van der Waals surface area contributed by atoms with Gasteiger partial charge in [0.2, 0.25) is 5.91 Å². The quantitative estimate of drug-likeness (QED) is 0.782. The number of amides is 3. The van der Waals surface area contributed by atoms with Crippen LogP contribution in [-0.2, 0) is 11.3 Å². The third-order valence-corrected chi connectivity index (χ3v) is 4.20. The molecule has 0 aliphatic carbocycles. The topological polar surface area (TPSA) is 61.4 Å². The van der Waals surface area contributed by atoms with Crippen LogP contribution in [-0.4, -0.2) is 23.9 Å². The third-order valence-electron chi connectivity index (χ3n) is 3.95. The maximum absolute atomic E-state index is 12.5. The summed E-state index contributed by atoms with van der Waals surface area (Å²) in [6, 6.07) is 12.6. The van der Waals surface area contributed by atoms with Gasteiger partial charge in [0.05, 0.1) is 0 Å². The van der Waals surface area contributed by atoms with Crippen LogP contribution < -0.4 is 10.6 Å². The molecule has 2 aromatic carbocycles. The van der Waals surface area contributed by atoms with Crippen molar-refractivity contribution >= 4 is 34.9 Å². The van der Waals surface area contributed by atoms with Crippen molar-refractivity contribution in [2.75, 3.05) is 17.7 Å². The Balaban J connectivity index is 2.05. The molecule has 0 unspecified atom stereocenters. The van der Waals surface area contributed by atoms with Crippen LogP contribution in [0.3, 0.4) is 0 Å². The Morgan fingerprint density at radius 1 is 1.08 bits per heavy atom. The van der Waals surface area contributed by atoms with Crippen molar-refractivity contribution in [2.24, 2.45) is 5.92 Å². The lowest BCUT2D eigenvalue weighted by molar-refractivity contribution is -0.118. The van der Waals surface area contributed by atoms with Gasteiger partial charge >= 0.3 is 6.03 Å². The van der Waals surface area contributed by atoms with Gasteiger partial charge in [-0.15, -0.1) is 0 Å². The second kappa shape index (κ2) is 8.72. The second-order valence-corrected chi connectivity index (χ2v) is 7.02. The average molecular weight is 374 g/mol. The number of carbonyl (C=O) groups excluding carboxylic acids is 2. The smallest absolute Gasteiger partial charge is 0.321 e. The van der Waals surface area contributed by atoms with Crippen molar-refractivity contribution in [2.45, 2.75) is 27.3 Å². The molecule has 0 saturated carbocycles. The van der Waals surface area contributed by atoms with Crippen LogP contribution >= 0.6 is 11.6 Å². The number of hydrogen-bond acceptors (Lipinski definition) is 2. The van der Waals surface area contributed by atoms with E-state index in [0.29, 0.717) is 22.9 Å². The van der Waals surface area contributed by atoms with Gasteiger partial charge < -0.3 is 15.5 Å². The Hall–Kier alpha value is -2.53. The van der Waals surface area contributed by atoms with Crippen molar-refractivity contribution in [3.8, 4) is 0 Å². The minimum Gasteiger partial charge on any atom is -0.326 e. The number of nitrogens with one attached hydrogen (secondary N) is 2. The zero-order valence-corrected chi connectivity index (χ0v) is 16.2. The predicted molar refractivity (Wildman–Crippen MR) is 107 cm³/mol. The summed E-state index contributed by atoms with van der Waals surface area (Å²) in [7, 11) is 1.73. The van der Waals surface area contributed by atoms with E-state index >= 15 is 0 Å². The first-order valence-corrected chi connectivity index (χ1v) is 8.82. The average Bonchev–Trinajstić information content (AvgIpc) is 2.59. The molecule has 0 heterocycles. The second-order valence-electron chi connectivity index (χ2n) is 6.59. The monoisotopic (exact) mass is 373 g/mol. The molecule has 0 atom stereocenters. The summed E-state index contributed by atoms with van der Waals surface area (Å²) in [6.07, 6.45) is 0. The van der Waals surface area contributed by atoms with E-state index in [-0.39, 0.29) is 17.9 Å². The number of halogens is 1. The molecular weight excluding hydrogens is 350 g/mol. The number of hydrogen-bond donors (Lipinski definition) is 2. The van der Waals surface area contributed by atoms with Gasteiger partial charge in [-0.3, -0.25) is 4.79 Å². The molecule has 0 spiro atoms. The lowest BCUT2D eigenvalue weighted by Gasteiger charge is -2.19. The van der Waals surface area contributed by atoms with Crippen molar-refractivity contribution in [1.82, 2.24) is 4.90 Å². The van der Waals surface area contributed by atoms with E-state index in [1.807, 2.05) is 45.0 Å². The zero-order chi connectivity index (χ0) is 19.3. The molecule has 138 valence electrons. The van der Waals surface area contributed by atoms with E-state index in [0.717, 1.165) is 11.1 Å². The van der Waals surface area contributed by atoms with Crippen LogP contribution in [0, 0.1) is 12.8 Å². The van der Waals surface area contributed by atoms with Gasteiger partial charge in [-0.2, -0.15) is 0 Å². The van der Waals surface area contributed by atoms with Crippen LogP contribution in [0.15, 0.2) is 42.5 Å². The van der Waals surface area contributed by atoms with Crippen LogP contribution in [0.5, 0.6) is 0 Å². The number of rotatable bonds is 5. The Labute approximate surface area is 159 Å². The molecule has 6 heteroatoms. The Kier molecular flexibility index (Phi) is 6.64. The fourth-order valence-corrected chi connectivity index (χ4v) is 2.39. The Bertz CT molecular complexity index is 788. The highest BCUT2D eigenvalue weighted by Crippen LogP contribution is 2.21. The molecule has 0 aliphatic heterocycles. The highest BCUT2D eigenvalue weighted by Gasteiger charge is 2.13. The van der Waals surface area contributed by atoms with Gasteiger partial charge in [0, 0.05) is 35.9 Å². The van der Waals surface area contributed by atoms with E-state index in [2.05, 4.69) is 10.6 Å². The van der Waals surface area contributed by atoms with Crippen molar-refractivity contribution in [1.29, 1.82) is 0 Å². The summed E-state index contributed by atoms with van der Waals surface area (Å²) in [5.74, 6) is -0.175. The molecule has 0 fully saturated rings. The van der Waals surface area contributed by atoms with Crippen LogP contribution in [0.25, 0.3) is 0 Å². The highest BCUT2D eigenvalue weighted by atomic mass is 35.5. The number of urea groups is 1. The predicted octanol–water partition coefficient (Wildman–Crippen LogP) is 4.91. The highest BCUT2D eigenvalue weighted by molar-refractivity contribution is 6.30. The molecule has 2 rings (SSSR count). The van der Waals surface area contributed by atoms with Gasteiger partial charge in [0.1, 0.15) is 0 Å². The van der Waals surface area contributed by atoms with E-state index in [1.165, 1.54) is 0 Å². The van der Waals surface area contributed by atoms with Crippen molar-refractivity contribution in [3.63, 3.8) is 0 Å². The number of nitrogens with zero attached hydrogens (tertiary/aromatic N) is 1. The molecule has 0 radical (unpaired) electrons. The minimum atomic E-state index is -0.226. The van der Waals surface area contributed by atoms with Gasteiger partial charge in [0.25, 0.3) is 0 Å². The summed E-state index contributed by atoms with van der Waals surface area (Å²) in [5, 5.41) is 6.40. The SMILES string of the molecule is Cc1ccc(NC(=O)C(C)C)cc1NC(=O)N(C)Cc1ccc(Cl)cc1. The number of benzene rings is 2. The Morgan fingerprint density at radius 3 is 2.35 bits per heavy atom. The first-order valence-electron chi connectivity index (χ1n) is 8.44. The number of carbonyl (C=O) groups is 2. The first-order chi connectivity index (χ1) is 12.3. The zero-order valence-electron chi connectivity index (χ0n) is 15.5. The summed E-state index contributed by atoms with van der Waals surface area (Å²) >= 11 is 5.88. The minimum absolute atomic E-state index is 0.0639. The first kappa shape index (κ1) is 19.8. The molecule has 2 aromatic rings. The maximum Gasteiger partial charge on any atom is 0.321 e. The van der Waals surface area contributed by atoms with E-state index in [1.54, 1.807) is 30.1 Å². The summed E-state index contributed by atoms with van der Waals surface area (Å²) in [6.45, 7) is 6.03. The molecule has 3 amide bonds. The molecular formula is C20H24ClN3O2. The molecule has 5 nitrogen and oxygen atoms in total. The third kappa shape index (κ3) is 5.49. The van der Waals surface area contributed by atoms with Crippen LogP contribution in [0.4, 0.5) is 16.2 Å². The molecule has 0 saturated heterocycles. The van der Waals surface area contributed by atoms with E-state index in [4.69, 9.17) is 11.6 Å². The summed E-state index contributed by atoms with van der Waals surface area (Å²) in [4.78, 5) is 25.9. The largest absolute Gasteiger partial charge is 0.326 e. The van der Waals surface area contributed by atoms with Gasteiger partial charge in [-0.1, -0.05) is 43.6 Å². The summed E-state index contributed by atoms with van der Waals surface area (Å²) < 4.78 is 0. The van der Waals surface area contributed by atoms with E-state index < -0.39 is 0 Å². The Morgan fingerprint density at radius 2 is 1.73 bits per heavy atom. The van der Waals surface area contributed by atoms with Crippen LogP contribution in [0.1, 0.15) is 25.0 Å². The lowest BCUT2D eigenvalue weighted by atomic mass is 10.1. The molecule has 2 N–H and O–H groups in total. The van der Waals surface area contributed by atoms with E-state index in [9.17, 15) is 9.59 Å².